The Morgan fingerprint density at radius 2 is 2.04 bits per heavy atom. The number of nitrogens with one attached hydrogen (secondary N) is 1. The average Bonchev–Trinajstić information content (AvgIpc) is 3.05. The number of esters is 1. The second-order valence-corrected chi connectivity index (χ2v) is 6.63. The minimum atomic E-state index is -0.376. The molecule has 1 heterocycles. The normalized spacial score (nSPS) is 12.0. The first kappa shape index (κ1) is 19.9. The molecule has 1 amide bonds. The van der Waals surface area contributed by atoms with Crippen LogP contribution < -0.4 is 5.32 Å². The molecule has 0 saturated carbocycles. The summed E-state index contributed by atoms with van der Waals surface area (Å²) in [6.07, 6.45) is 1.67. The topological polar surface area (TPSA) is 86.1 Å². The molecule has 0 aliphatic rings. The molecule has 0 aliphatic heterocycles. The van der Waals surface area contributed by atoms with Gasteiger partial charge in [-0.1, -0.05) is 48.9 Å². The van der Waals surface area contributed by atoms with E-state index in [2.05, 4.69) is 15.6 Å². The van der Waals surface area contributed by atoms with Crippen molar-refractivity contribution in [3.63, 3.8) is 0 Å². The zero-order valence-corrected chi connectivity index (χ0v) is 15.9. The van der Waals surface area contributed by atoms with Crippen molar-refractivity contribution in [2.45, 2.75) is 39.8 Å². The molecule has 0 aliphatic carbocycles. The predicted octanol–water partition coefficient (Wildman–Crippen LogP) is 2.69. The lowest BCUT2D eigenvalue weighted by atomic mass is 10.0. The van der Waals surface area contributed by atoms with Crippen LogP contribution in [0, 0.1) is 5.92 Å². The molecule has 0 radical (unpaired) electrons. The highest BCUT2D eigenvalue weighted by Gasteiger charge is 2.22. The molecule has 8 heteroatoms. The van der Waals surface area contributed by atoms with Gasteiger partial charge in [-0.3, -0.25) is 9.59 Å². The largest absolute Gasteiger partial charge is 0.466 e. The fraction of sp³-hybridized carbons (Fsp3) is 0.444. The van der Waals surface area contributed by atoms with Crippen LogP contribution in [0.25, 0.3) is 0 Å². The Balaban J connectivity index is 2.01. The lowest BCUT2D eigenvalue weighted by Gasteiger charge is -2.20. The van der Waals surface area contributed by atoms with Gasteiger partial charge in [0, 0.05) is 11.1 Å². The van der Waals surface area contributed by atoms with Gasteiger partial charge in [-0.25, -0.2) is 4.68 Å². The molecule has 0 spiro atoms. The van der Waals surface area contributed by atoms with Crippen LogP contribution in [-0.2, 0) is 16.1 Å². The summed E-state index contributed by atoms with van der Waals surface area (Å²) in [5, 5.41) is 11.3. The number of carbonyl (C=O) groups is 2. The zero-order valence-electron chi connectivity index (χ0n) is 15.1. The standard InChI is InChI=1S/C18H23ClN4O3/c1-4-26-17(24)9-15(12(2)3)20-18(25)16-11-23(22-21-16)10-13-7-5-6-8-14(13)19/h5-8,11-12,15H,4,9-10H2,1-3H3,(H,20,25)/t15-/m0/s1. The molecular formula is C18H23ClN4O3. The summed E-state index contributed by atoms with van der Waals surface area (Å²) >= 11 is 6.14. The third kappa shape index (κ3) is 5.56. The van der Waals surface area contributed by atoms with Crippen molar-refractivity contribution in [3.05, 3.63) is 46.7 Å². The van der Waals surface area contributed by atoms with Crippen LogP contribution in [0.5, 0.6) is 0 Å². The number of aromatic nitrogens is 3. The van der Waals surface area contributed by atoms with Crippen LogP contribution in [0.3, 0.4) is 0 Å². The summed E-state index contributed by atoms with van der Waals surface area (Å²) in [6.45, 7) is 6.33. The molecule has 2 aromatic rings. The maximum absolute atomic E-state index is 12.4. The number of ether oxygens (including phenoxy) is 1. The van der Waals surface area contributed by atoms with E-state index >= 15 is 0 Å². The number of halogens is 1. The van der Waals surface area contributed by atoms with Gasteiger partial charge >= 0.3 is 5.97 Å². The van der Waals surface area contributed by atoms with Gasteiger partial charge < -0.3 is 10.1 Å². The van der Waals surface area contributed by atoms with Crippen molar-refractivity contribution in [1.82, 2.24) is 20.3 Å². The van der Waals surface area contributed by atoms with E-state index < -0.39 is 0 Å². The fourth-order valence-electron chi connectivity index (χ4n) is 2.38. The maximum atomic E-state index is 12.4. The van der Waals surface area contributed by atoms with Crippen molar-refractivity contribution in [3.8, 4) is 0 Å². The van der Waals surface area contributed by atoms with Crippen molar-refractivity contribution in [2.24, 2.45) is 5.92 Å². The van der Waals surface area contributed by atoms with Crippen LogP contribution >= 0.6 is 11.6 Å². The molecule has 0 unspecified atom stereocenters. The Labute approximate surface area is 157 Å². The molecule has 0 saturated heterocycles. The van der Waals surface area contributed by atoms with Gasteiger partial charge in [-0.05, 0) is 24.5 Å². The van der Waals surface area contributed by atoms with E-state index in [-0.39, 0.29) is 36.0 Å². The predicted molar refractivity (Wildman–Crippen MR) is 97.9 cm³/mol. The number of carbonyl (C=O) groups excluding carboxylic acids is 2. The number of benzene rings is 1. The SMILES string of the molecule is CCOC(=O)C[C@H](NC(=O)c1cn(Cc2ccccc2Cl)nn1)C(C)C. The van der Waals surface area contributed by atoms with E-state index in [0.29, 0.717) is 18.2 Å². The van der Waals surface area contributed by atoms with E-state index in [4.69, 9.17) is 16.3 Å². The van der Waals surface area contributed by atoms with Gasteiger partial charge in [0.25, 0.3) is 5.91 Å². The monoisotopic (exact) mass is 378 g/mol. The number of hydrogen-bond acceptors (Lipinski definition) is 5. The molecule has 0 fully saturated rings. The van der Waals surface area contributed by atoms with E-state index in [1.165, 1.54) is 0 Å². The summed E-state index contributed by atoms with van der Waals surface area (Å²) < 4.78 is 6.50. The van der Waals surface area contributed by atoms with E-state index in [1.54, 1.807) is 23.9 Å². The molecule has 7 nitrogen and oxygen atoms in total. The summed E-state index contributed by atoms with van der Waals surface area (Å²) in [5.41, 5.74) is 1.07. The van der Waals surface area contributed by atoms with Crippen molar-refractivity contribution >= 4 is 23.5 Å². The third-order valence-corrected chi connectivity index (χ3v) is 4.24. The molecule has 1 N–H and O–H groups in total. The van der Waals surface area contributed by atoms with Crippen LogP contribution in [0.15, 0.2) is 30.5 Å². The van der Waals surface area contributed by atoms with Gasteiger partial charge in [-0.2, -0.15) is 0 Å². The average molecular weight is 379 g/mol. The summed E-state index contributed by atoms with van der Waals surface area (Å²) in [4.78, 5) is 24.1. The Morgan fingerprint density at radius 3 is 2.69 bits per heavy atom. The van der Waals surface area contributed by atoms with Crippen LogP contribution in [0.2, 0.25) is 5.02 Å². The number of amides is 1. The van der Waals surface area contributed by atoms with Crippen LogP contribution in [0.1, 0.15) is 43.2 Å². The highest BCUT2D eigenvalue weighted by molar-refractivity contribution is 6.31. The molecule has 26 heavy (non-hydrogen) atoms. The first-order valence-electron chi connectivity index (χ1n) is 8.50. The van der Waals surface area contributed by atoms with Crippen LogP contribution in [0.4, 0.5) is 0 Å². The quantitative estimate of drug-likeness (QED) is 0.714. The van der Waals surface area contributed by atoms with Crippen molar-refractivity contribution in [2.75, 3.05) is 6.61 Å². The van der Waals surface area contributed by atoms with Gasteiger partial charge in [-0.15, -0.1) is 5.10 Å². The van der Waals surface area contributed by atoms with Gasteiger partial charge in [0.05, 0.1) is 25.8 Å². The Hall–Kier alpha value is -2.41. The molecule has 1 aromatic heterocycles. The molecule has 2 rings (SSSR count). The minimum Gasteiger partial charge on any atom is -0.466 e. The van der Waals surface area contributed by atoms with Gasteiger partial charge in [0.1, 0.15) is 0 Å². The lowest BCUT2D eigenvalue weighted by Crippen LogP contribution is -2.40. The summed E-state index contributed by atoms with van der Waals surface area (Å²) in [7, 11) is 0. The molecular weight excluding hydrogens is 356 g/mol. The smallest absolute Gasteiger partial charge is 0.307 e. The second kappa shape index (κ2) is 9.33. The summed E-state index contributed by atoms with van der Waals surface area (Å²) in [5.74, 6) is -0.645. The highest BCUT2D eigenvalue weighted by atomic mass is 35.5. The Kier molecular flexibility index (Phi) is 7.15. The third-order valence-electron chi connectivity index (χ3n) is 3.87. The maximum Gasteiger partial charge on any atom is 0.307 e. The highest BCUT2D eigenvalue weighted by Crippen LogP contribution is 2.16. The zero-order chi connectivity index (χ0) is 19.1. The minimum absolute atomic E-state index is 0.0709. The summed E-state index contributed by atoms with van der Waals surface area (Å²) in [6, 6.07) is 7.08. The first-order valence-corrected chi connectivity index (χ1v) is 8.88. The van der Waals surface area contributed by atoms with E-state index in [9.17, 15) is 9.59 Å². The Bertz CT molecular complexity index is 760. The Morgan fingerprint density at radius 1 is 1.31 bits per heavy atom. The number of rotatable bonds is 8. The van der Waals surface area contributed by atoms with Crippen molar-refractivity contribution < 1.29 is 14.3 Å². The van der Waals surface area contributed by atoms with E-state index in [1.807, 2.05) is 32.0 Å². The molecule has 140 valence electrons. The lowest BCUT2D eigenvalue weighted by molar-refractivity contribution is -0.143. The van der Waals surface area contributed by atoms with Gasteiger partial charge in [0.2, 0.25) is 0 Å². The first-order chi connectivity index (χ1) is 12.4. The van der Waals surface area contributed by atoms with E-state index in [0.717, 1.165) is 5.56 Å². The van der Waals surface area contributed by atoms with Crippen molar-refractivity contribution in [1.29, 1.82) is 0 Å². The fourth-order valence-corrected chi connectivity index (χ4v) is 2.57. The molecule has 0 bridgehead atoms. The van der Waals surface area contributed by atoms with Gasteiger partial charge in [0.15, 0.2) is 5.69 Å². The molecule has 1 aromatic carbocycles. The molecule has 1 atom stereocenters. The number of nitrogens with zero attached hydrogens (tertiary/aromatic N) is 3. The second-order valence-electron chi connectivity index (χ2n) is 6.23. The van der Waals surface area contributed by atoms with Crippen LogP contribution in [-0.4, -0.2) is 39.5 Å². The number of hydrogen-bond donors (Lipinski definition) is 1.